The maximum atomic E-state index is 12.8. The lowest BCUT2D eigenvalue weighted by Gasteiger charge is -2.26. The van der Waals surface area contributed by atoms with Crippen molar-refractivity contribution >= 4 is 5.78 Å². The van der Waals surface area contributed by atoms with Crippen LogP contribution < -0.4 is 4.74 Å². The molecule has 0 amide bonds. The molecule has 0 bridgehead atoms. The molecule has 0 aliphatic heterocycles. The van der Waals surface area contributed by atoms with E-state index in [2.05, 4.69) is 71.9 Å². The van der Waals surface area contributed by atoms with Crippen LogP contribution in [0.15, 0.2) is 30.3 Å². The molecular formula is C25H32O2. The van der Waals surface area contributed by atoms with E-state index in [1.54, 1.807) is 7.11 Å². The molecule has 1 aliphatic rings. The zero-order valence-corrected chi connectivity index (χ0v) is 18.0. The van der Waals surface area contributed by atoms with Crippen LogP contribution in [0, 0.1) is 5.92 Å². The average Bonchev–Trinajstić information content (AvgIpc) is 2.86. The number of benzene rings is 2. The van der Waals surface area contributed by atoms with Crippen LogP contribution in [0.25, 0.3) is 11.1 Å². The largest absolute Gasteiger partial charge is 0.496 e. The lowest BCUT2D eigenvalue weighted by atomic mass is 9.80. The summed E-state index contributed by atoms with van der Waals surface area (Å²) in [5, 5.41) is 0. The van der Waals surface area contributed by atoms with Gasteiger partial charge in [-0.1, -0.05) is 72.7 Å². The van der Waals surface area contributed by atoms with E-state index in [-0.39, 0.29) is 22.5 Å². The zero-order chi connectivity index (χ0) is 20.1. The molecule has 0 heterocycles. The summed E-state index contributed by atoms with van der Waals surface area (Å²) in [4.78, 5) is 12.8. The second-order valence-electron chi connectivity index (χ2n) is 9.91. The highest BCUT2D eigenvalue weighted by Crippen LogP contribution is 2.46. The number of ketones is 1. The number of hydrogen-bond donors (Lipinski definition) is 0. The molecule has 2 nitrogen and oxygen atoms in total. The van der Waals surface area contributed by atoms with Crippen LogP contribution in [0.3, 0.4) is 0 Å². The number of carbonyl (C=O) groups excluding carboxylic acids is 1. The van der Waals surface area contributed by atoms with Crippen LogP contribution in [0.2, 0.25) is 0 Å². The Bertz CT molecular complexity index is 875. The maximum Gasteiger partial charge on any atom is 0.166 e. The number of carbonyl (C=O) groups is 1. The Kier molecular flexibility index (Phi) is 4.74. The summed E-state index contributed by atoms with van der Waals surface area (Å²) < 4.78 is 5.94. The number of fused-ring (bicyclic) bond motifs is 1. The van der Waals surface area contributed by atoms with Gasteiger partial charge >= 0.3 is 0 Å². The molecule has 0 spiro atoms. The van der Waals surface area contributed by atoms with E-state index >= 15 is 0 Å². The summed E-state index contributed by atoms with van der Waals surface area (Å²) in [5.74, 6) is 1.20. The second-order valence-corrected chi connectivity index (χ2v) is 9.91. The first-order valence-electron chi connectivity index (χ1n) is 9.84. The molecule has 1 aliphatic carbocycles. The highest BCUT2D eigenvalue weighted by molar-refractivity contribution is 6.05. The molecule has 0 aromatic heterocycles. The molecule has 27 heavy (non-hydrogen) atoms. The summed E-state index contributed by atoms with van der Waals surface area (Å²) in [7, 11) is 1.74. The van der Waals surface area contributed by atoms with Crippen LogP contribution in [0.1, 0.15) is 75.5 Å². The van der Waals surface area contributed by atoms with Crippen molar-refractivity contribution in [3.05, 3.63) is 52.6 Å². The van der Waals surface area contributed by atoms with Crippen molar-refractivity contribution in [3.8, 4) is 16.9 Å². The topological polar surface area (TPSA) is 26.3 Å². The quantitative estimate of drug-likeness (QED) is 0.622. The van der Waals surface area contributed by atoms with Crippen molar-refractivity contribution in [2.24, 2.45) is 5.92 Å². The molecule has 2 aromatic carbocycles. The number of Topliss-reactive ketones (excluding diaryl/α,β-unsaturated/α-hetero) is 1. The number of hydrogen-bond acceptors (Lipinski definition) is 2. The Labute approximate surface area is 164 Å². The Morgan fingerprint density at radius 3 is 2.04 bits per heavy atom. The van der Waals surface area contributed by atoms with Gasteiger partial charge in [0, 0.05) is 22.6 Å². The summed E-state index contributed by atoms with van der Waals surface area (Å²) >= 11 is 0. The highest BCUT2D eigenvalue weighted by Gasteiger charge is 2.35. The van der Waals surface area contributed by atoms with Crippen molar-refractivity contribution in [2.75, 3.05) is 7.11 Å². The van der Waals surface area contributed by atoms with Crippen molar-refractivity contribution in [1.29, 1.82) is 0 Å². The fourth-order valence-electron chi connectivity index (χ4n) is 4.01. The maximum absolute atomic E-state index is 12.8. The van der Waals surface area contributed by atoms with Gasteiger partial charge in [0.15, 0.2) is 5.78 Å². The molecule has 1 atom stereocenters. The minimum atomic E-state index is -0.105. The molecule has 0 saturated carbocycles. The minimum absolute atomic E-state index is 0.0347. The molecule has 0 saturated heterocycles. The molecular weight excluding hydrogens is 332 g/mol. The van der Waals surface area contributed by atoms with Crippen LogP contribution >= 0.6 is 0 Å². The van der Waals surface area contributed by atoms with E-state index in [0.717, 1.165) is 40.0 Å². The first-order valence-corrected chi connectivity index (χ1v) is 9.84. The highest BCUT2D eigenvalue weighted by atomic mass is 16.5. The van der Waals surface area contributed by atoms with E-state index in [1.807, 2.05) is 6.92 Å². The van der Waals surface area contributed by atoms with Crippen LogP contribution in [-0.4, -0.2) is 12.9 Å². The van der Waals surface area contributed by atoms with Gasteiger partial charge < -0.3 is 4.74 Å². The molecule has 0 N–H and O–H groups in total. The van der Waals surface area contributed by atoms with Gasteiger partial charge in [-0.2, -0.15) is 0 Å². The van der Waals surface area contributed by atoms with Gasteiger partial charge in [-0.05, 0) is 40.0 Å². The van der Waals surface area contributed by atoms with Gasteiger partial charge in [-0.3, -0.25) is 4.79 Å². The first kappa shape index (κ1) is 19.7. The third kappa shape index (κ3) is 3.42. The second kappa shape index (κ2) is 6.51. The normalized spacial score (nSPS) is 17.2. The summed E-state index contributed by atoms with van der Waals surface area (Å²) in [5.41, 5.74) is 6.65. The monoisotopic (exact) mass is 364 g/mol. The summed E-state index contributed by atoms with van der Waals surface area (Å²) in [6.45, 7) is 15.2. The van der Waals surface area contributed by atoms with Crippen molar-refractivity contribution in [2.45, 2.75) is 65.7 Å². The average molecular weight is 365 g/mol. The minimum Gasteiger partial charge on any atom is -0.496 e. The molecule has 0 fully saturated rings. The Hall–Kier alpha value is -2.09. The number of rotatable bonds is 2. The van der Waals surface area contributed by atoms with E-state index in [1.165, 1.54) is 5.56 Å². The number of methoxy groups -OCH3 is 1. The Balaban J connectivity index is 2.30. The zero-order valence-electron chi connectivity index (χ0n) is 18.0. The first-order chi connectivity index (χ1) is 12.4. The van der Waals surface area contributed by atoms with E-state index in [0.29, 0.717) is 0 Å². The standard InChI is InChI=1S/C25H32O2/c1-15-13-18-19(22(15)26)14-20(25(5,6)7)23(27-8)21(18)16-9-11-17(12-10-16)24(2,3)4/h9-12,14-15H,13H2,1-8H3/t15-/m0/s1. The van der Waals surface area contributed by atoms with E-state index < -0.39 is 0 Å². The molecule has 3 rings (SSSR count). The van der Waals surface area contributed by atoms with Gasteiger partial charge in [0.05, 0.1) is 7.11 Å². The fraction of sp³-hybridized carbons (Fsp3) is 0.480. The summed E-state index contributed by atoms with van der Waals surface area (Å²) in [6, 6.07) is 10.8. The SMILES string of the molecule is COc1c(C(C)(C)C)cc2c(c1-c1ccc(C(C)(C)C)cc1)C[C@H](C)C2=O. The van der Waals surface area contributed by atoms with Crippen LogP contribution in [-0.2, 0) is 17.3 Å². The van der Waals surface area contributed by atoms with Gasteiger partial charge in [0.1, 0.15) is 5.75 Å². The Morgan fingerprint density at radius 1 is 0.963 bits per heavy atom. The van der Waals surface area contributed by atoms with Gasteiger partial charge in [-0.15, -0.1) is 0 Å². The van der Waals surface area contributed by atoms with Crippen LogP contribution in [0.5, 0.6) is 5.75 Å². The number of ether oxygens (including phenoxy) is 1. The molecule has 0 radical (unpaired) electrons. The third-order valence-electron chi connectivity index (χ3n) is 5.66. The summed E-state index contributed by atoms with van der Waals surface area (Å²) in [6.07, 6.45) is 0.783. The molecule has 0 unspecified atom stereocenters. The van der Waals surface area contributed by atoms with E-state index in [9.17, 15) is 4.79 Å². The predicted molar refractivity (Wildman–Crippen MR) is 113 cm³/mol. The predicted octanol–water partition coefficient (Wildman–Crippen LogP) is 6.33. The van der Waals surface area contributed by atoms with E-state index in [4.69, 9.17) is 4.74 Å². The van der Waals surface area contributed by atoms with Crippen LogP contribution in [0.4, 0.5) is 0 Å². The van der Waals surface area contributed by atoms with Gasteiger partial charge in [0.2, 0.25) is 0 Å². The molecule has 144 valence electrons. The molecule has 2 heteroatoms. The fourth-order valence-corrected chi connectivity index (χ4v) is 4.01. The smallest absolute Gasteiger partial charge is 0.166 e. The molecule has 2 aromatic rings. The third-order valence-corrected chi connectivity index (χ3v) is 5.66. The van der Waals surface area contributed by atoms with Gasteiger partial charge in [-0.25, -0.2) is 0 Å². The van der Waals surface area contributed by atoms with Crippen molar-refractivity contribution < 1.29 is 9.53 Å². The lowest BCUT2D eigenvalue weighted by Crippen LogP contribution is -2.15. The Morgan fingerprint density at radius 2 is 1.56 bits per heavy atom. The lowest BCUT2D eigenvalue weighted by molar-refractivity contribution is 0.0946. The van der Waals surface area contributed by atoms with Crippen molar-refractivity contribution in [1.82, 2.24) is 0 Å². The van der Waals surface area contributed by atoms with Gasteiger partial charge in [0.25, 0.3) is 0 Å². The van der Waals surface area contributed by atoms with Crippen molar-refractivity contribution in [3.63, 3.8) is 0 Å².